The van der Waals surface area contributed by atoms with E-state index in [0.717, 1.165) is 13.2 Å². The molecule has 16 heavy (non-hydrogen) atoms. The minimum atomic E-state index is 0.438. The topological polar surface area (TPSA) is 9.23 Å². The number of aryl methyl sites for hydroxylation is 2. The highest BCUT2D eigenvalue weighted by Gasteiger charge is 2.24. The van der Waals surface area contributed by atoms with Crippen LogP contribution >= 0.6 is 15.9 Å². The number of hydrogen-bond acceptors (Lipinski definition) is 1. The smallest absolute Gasteiger partial charge is 0.0508 e. The average Bonchev–Trinajstić information content (AvgIpc) is 2.32. The Morgan fingerprint density at radius 2 is 2.19 bits per heavy atom. The third kappa shape index (κ3) is 2.67. The highest BCUT2D eigenvalue weighted by Crippen LogP contribution is 2.37. The van der Waals surface area contributed by atoms with Crippen molar-refractivity contribution in [1.29, 1.82) is 0 Å². The Balaban J connectivity index is 2.18. The number of rotatable bonds is 2. The molecular formula is C14H19BrO. The third-order valence-corrected chi connectivity index (χ3v) is 4.58. The van der Waals surface area contributed by atoms with E-state index in [2.05, 4.69) is 48.0 Å². The van der Waals surface area contributed by atoms with E-state index in [0.29, 0.717) is 10.7 Å². The Kier molecular flexibility index (Phi) is 4.04. The molecule has 88 valence electrons. The molecule has 0 radical (unpaired) electrons. The zero-order chi connectivity index (χ0) is 11.5. The van der Waals surface area contributed by atoms with Gasteiger partial charge in [-0.1, -0.05) is 39.7 Å². The minimum absolute atomic E-state index is 0.438. The number of alkyl halides is 1. The van der Waals surface area contributed by atoms with Crippen molar-refractivity contribution in [3.8, 4) is 0 Å². The summed E-state index contributed by atoms with van der Waals surface area (Å²) in [5.41, 5.74) is 4.13. The second-order valence-corrected chi connectivity index (χ2v) is 5.73. The van der Waals surface area contributed by atoms with Gasteiger partial charge in [-0.3, -0.25) is 0 Å². The van der Waals surface area contributed by atoms with Gasteiger partial charge in [0, 0.05) is 11.4 Å². The molecule has 1 aromatic carbocycles. The average molecular weight is 283 g/mol. The van der Waals surface area contributed by atoms with Crippen molar-refractivity contribution >= 4 is 15.9 Å². The maximum Gasteiger partial charge on any atom is 0.0508 e. The largest absolute Gasteiger partial charge is 0.381 e. The molecule has 2 heteroatoms. The third-order valence-electron chi connectivity index (χ3n) is 3.34. The van der Waals surface area contributed by atoms with Gasteiger partial charge in [0.1, 0.15) is 0 Å². The van der Waals surface area contributed by atoms with Crippen molar-refractivity contribution in [1.82, 2.24) is 0 Å². The number of hydrogen-bond donors (Lipinski definition) is 0. The summed E-state index contributed by atoms with van der Waals surface area (Å²) >= 11 is 3.85. The van der Waals surface area contributed by atoms with Crippen LogP contribution in [0.3, 0.4) is 0 Å². The van der Waals surface area contributed by atoms with Crippen molar-refractivity contribution < 1.29 is 4.74 Å². The fraction of sp³-hybridized carbons (Fsp3) is 0.571. The van der Waals surface area contributed by atoms with Crippen LogP contribution in [-0.2, 0) is 4.74 Å². The summed E-state index contributed by atoms with van der Waals surface area (Å²) < 4.78 is 5.56. The lowest BCUT2D eigenvalue weighted by Gasteiger charge is -2.27. The van der Waals surface area contributed by atoms with Crippen molar-refractivity contribution in [2.75, 3.05) is 13.2 Å². The van der Waals surface area contributed by atoms with Gasteiger partial charge in [0.25, 0.3) is 0 Å². The second kappa shape index (κ2) is 5.33. The van der Waals surface area contributed by atoms with E-state index in [4.69, 9.17) is 4.74 Å². The molecule has 1 aliphatic rings. The van der Waals surface area contributed by atoms with Crippen LogP contribution in [0.2, 0.25) is 0 Å². The van der Waals surface area contributed by atoms with Crippen molar-refractivity contribution in [2.45, 2.75) is 31.5 Å². The van der Waals surface area contributed by atoms with Gasteiger partial charge in [0.2, 0.25) is 0 Å². The zero-order valence-electron chi connectivity index (χ0n) is 10.0. The van der Waals surface area contributed by atoms with Crippen LogP contribution in [-0.4, -0.2) is 13.2 Å². The molecule has 0 spiro atoms. The molecule has 1 aromatic rings. The lowest BCUT2D eigenvalue weighted by molar-refractivity contribution is 0.0545. The van der Waals surface area contributed by atoms with E-state index in [1.165, 1.54) is 29.5 Å². The minimum Gasteiger partial charge on any atom is -0.381 e. The Morgan fingerprint density at radius 1 is 1.38 bits per heavy atom. The molecule has 0 N–H and O–H groups in total. The SMILES string of the molecule is Cc1ccc(C)c(C(Br)C2CCCOC2)c1. The fourth-order valence-corrected chi connectivity index (χ4v) is 3.22. The van der Waals surface area contributed by atoms with E-state index < -0.39 is 0 Å². The van der Waals surface area contributed by atoms with Gasteiger partial charge in [-0.25, -0.2) is 0 Å². The Morgan fingerprint density at radius 3 is 2.88 bits per heavy atom. The number of halogens is 1. The van der Waals surface area contributed by atoms with Gasteiger partial charge in [0.15, 0.2) is 0 Å². The van der Waals surface area contributed by atoms with Crippen LogP contribution in [0.25, 0.3) is 0 Å². The monoisotopic (exact) mass is 282 g/mol. The lowest BCUT2D eigenvalue weighted by Crippen LogP contribution is -2.21. The summed E-state index contributed by atoms with van der Waals surface area (Å²) in [6.45, 7) is 6.17. The van der Waals surface area contributed by atoms with Crippen molar-refractivity contribution in [2.24, 2.45) is 5.92 Å². The van der Waals surface area contributed by atoms with Crippen LogP contribution in [0.4, 0.5) is 0 Å². The Hall–Kier alpha value is -0.340. The van der Waals surface area contributed by atoms with Gasteiger partial charge in [-0.2, -0.15) is 0 Å². The van der Waals surface area contributed by atoms with Crippen LogP contribution in [0, 0.1) is 19.8 Å². The molecular weight excluding hydrogens is 264 g/mol. The standard InChI is InChI=1S/C14H19BrO/c1-10-5-6-11(2)13(8-10)14(15)12-4-3-7-16-9-12/h5-6,8,12,14H,3-4,7,9H2,1-2H3. The normalized spacial score (nSPS) is 23.1. The highest BCUT2D eigenvalue weighted by molar-refractivity contribution is 9.09. The van der Waals surface area contributed by atoms with Crippen molar-refractivity contribution in [3.63, 3.8) is 0 Å². The predicted molar refractivity (Wildman–Crippen MR) is 71.1 cm³/mol. The first-order valence-electron chi connectivity index (χ1n) is 5.97. The van der Waals surface area contributed by atoms with Gasteiger partial charge in [-0.15, -0.1) is 0 Å². The molecule has 0 aromatic heterocycles. The molecule has 1 saturated heterocycles. The van der Waals surface area contributed by atoms with Crippen molar-refractivity contribution in [3.05, 3.63) is 34.9 Å². The van der Waals surface area contributed by atoms with Gasteiger partial charge in [-0.05, 0) is 43.7 Å². The molecule has 0 bridgehead atoms. The second-order valence-electron chi connectivity index (χ2n) is 4.74. The maximum absolute atomic E-state index is 5.56. The summed E-state index contributed by atoms with van der Waals surface area (Å²) in [4.78, 5) is 0.438. The van der Waals surface area contributed by atoms with E-state index in [9.17, 15) is 0 Å². The summed E-state index contributed by atoms with van der Waals surface area (Å²) in [6, 6.07) is 6.68. The summed E-state index contributed by atoms with van der Waals surface area (Å²) in [6.07, 6.45) is 2.46. The molecule has 1 heterocycles. The summed E-state index contributed by atoms with van der Waals surface area (Å²) in [7, 11) is 0. The first-order valence-corrected chi connectivity index (χ1v) is 6.89. The molecule has 0 aliphatic carbocycles. The predicted octanol–water partition coefficient (Wildman–Crippen LogP) is 4.17. The summed E-state index contributed by atoms with van der Waals surface area (Å²) in [5, 5.41) is 0. The quantitative estimate of drug-likeness (QED) is 0.740. The van der Waals surface area contributed by atoms with Crippen LogP contribution < -0.4 is 0 Å². The summed E-state index contributed by atoms with van der Waals surface area (Å²) in [5.74, 6) is 0.620. The molecule has 2 rings (SSSR count). The van der Waals surface area contributed by atoms with Crippen LogP contribution in [0.1, 0.15) is 34.4 Å². The van der Waals surface area contributed by atoms with Gasteiger partial charge < -0.3 is 4.74 Å². The molecule has 1 fully saturated rings. The van der Waals surface area contributed by atoms with E-state index in [1.807, 2.05) is 0 Å². The first-order chi connectivity index (χ1) is 7.68. The molecule has 1 nitrogen and oxygen atoms in total. The zero-order valence-corrected chi connectivity index (χ0v) is 11.6. The number of ether oxygens (including phenoxy) is 1. The number of benzene rings is 1. The van der Waals surface area contributed by atoms with Crippen LogP contribution in [0.5, 0.6) is 0 Å². The Bertz CT molecular complexity index is 356. The molecule has 2 unspecified atom stereocenters. The van der Waals surface area contributed by atoms with E-state index in [-0.39, 0.29) is 0 Å². The Labute approximate surface area is 106 Å². The lowest BCUT2D eigenvalue weighted by atomic mass is 9.91. The highest BCUT2D eigenvalue weighted by atomic mass is 79.9. The first kappa shape index (κ1) is 12.1. The van der Waals surface area contributed by atoms with E-state index in [1.54, 1.807) is 0 Å². The molecule has 2 atom stereocenters. The van der Waals surface area contributed by atoms with E-state index >= 15 is 0 Å². The molecule has 0 amide bonds. The molecule has 0 saturated carbocycles. The maximum atomic E-state index is 5.56. The molecule has 1 aliphatic heterocycles. The fourth-order valence-electron chi connectivity index (χ4n) is 2.31. The van der Waals surface area contributed by atoms with Gasteiger partial charge in [0.05, 0.1) is 6.61 Å². The van der Waals surface area contributed by atoms with Gasteiger partial charge >= 0.3 is 0 Å². The van der Waals surface area contributed by atoms with Crippen LogP contribution in [0.15, 0.2) is 18.2 Å².